The molecule has 24 nitrogen and oxygen atoms in total. The number of carbonyl (C=O) groups excluding carboxylic acids is 3. The maximum absolute atomic E-state index is 11.7. The van der Waals surface area contributed by atoms with E-state index in [9.17, 15) is 23.0 Å². The van der Waals surface area contributed by atoms with Gasteiger partial charge in [-0.3, -0.25) is 37.8 Å². The Morgan fingerprint density at radius 2 is 1.28 bits per heavy atom. The zero-order chi connectivity index (χ0) is 69.7. The summed E-state index contributed by atoms with van der Waals surface area (Å²) in [6, 6.07) is 6.35. The maximum Gasteiger partial charge on any atom is 0.255 e. The first kappa shape index (κ1) is 92.0. The minimum absolute atomic E-state index is 0. The fourth-order valence-corrected chi connectivity index (χ4v) is 12.6. The highest BCUT2D eigenvalue weighted by atomic mass is 32.2. The third-order valence-electron chi connectivity index (χ3n) is 18.1. The number of alkyl halides is 1. The molecule has 2 unspecified atom stereocenters. The van der Waals surface area contributed by atoms with E-state index in [2.05, 4.69) is 94.8 Å². The van der Waals surface area contributed by atoms with Gasteiger partial charge in [0, 0.05) is 178 Å². The largest absolute Gasteiger partial charge is 0.393 e. The summed E-state index contributed by atoms with van der Waals surface area (Å²) in [7, 11) is 21.4. The number of hydrogen-bond acceptors (Lipinski definition) is 21. The van der Waals surface area contributed by atoms with E-state index >= 15 is 0 Å². The van der Waals surface area contributed by atoms with E-state index in [0.29, 0.717) is 43.4 Å². The van der Waals surface area contributed by atoms with Crippen LogP contribution in [0.2, 0.25) is 0 Å². The van der Waals surface area contributed by atoms with E-state index in [4.69, 9.17) is 19.7 Å². The van der Waals surface area contributed by atoms with Crippen LogP contribution in [0.1, 0.15) is 121 Å². The van der Waals surface area contributed by atoms with Crippen LogP contribution in [0.15, 0.2) is 24.5 Å². The molecule has 2 atom stereocenters. The molecular formula is C69H143FN16O8S. The average Bonchev–Trinajstić information content (AvgIpc) is 1.58. The molecule has 0 radical (unpaired) electrons. The smallest absolute Gasteiger partial charge is 0.255 e. The highest BCUT2D eigenvalue weighted by Crippen LogP contribution is 2.21. The molecule has 0 bridgehead atoms. The summed E-state index contributed by atoms with van der Waals surface area (Å²) in [5, 5.41) is 39.9. The fourth-order valence-electron chi connectivity index (χ4n) is 11.4. The number of aliphatic hydroxyl groups is 2. The average molecular weight is 1380 g/mol. The Kier molecular flexibility index (Phi) is 57.9. The van der Waals surface area contributed by atoms with Crippen molar-refractivity contribution in [2.75, 3.05) is 247 Å². The third-order valence-corrected chi connectivity index (χ3v) is 19.4. The monoisotopic (exact) mass is 1380 g/mol. The van der Waals surface area contributed by atoms with Gasteiger partial charge in [-0.2, -0.15) is 0 Å². The molecule has 1 aliphatic carbocycles. The van der Waals surface area contributed by atoms with Crippen LogP contribution in [-0.4, -0.2) is 366 Å². The van der Waals surface area contributed by atoms with Gasteiger partial charge in [-0.1, -0.05) is 7.43 Å². The lowest BCUT2D eigenvalue weighted by Gasteiger charge is -2.38. The quantitative estimate of drug-likeness (QED) is 0.0956. The SMILES string of the molecule is C.CF.CN1CCC(O)C1.CN1CCC(O)CC1.CN1CCS(=O)CC1.CNC1CCC(OCCN2CCOCC2)CC1.CNC1CCNCC1.CNC1CN(C(=O)c2cccnc2)C1.CNCC(=O)N(C)C.CNCCCCN1CCCC1=O.CNCCN1CCCC1C. The van der Waals surface area contributed by atoms with Gasteiger partial charge in [-0.05, 0) is 199 Å². The number of carbonyl (C=O) groups is 3. The van der Waals surface area contributed by atoms with Gasteiger partial charge in [0.05, 0.1) is 57.4 Å². The Bertz CT molecular complexity index is 1950. The lowest BCUT2D eigenvalue weighted by Crippen LogP contribution is -2.58. The molecule has 9 fully saturated rings. The highest BCUT2D eigenvalue weighted by molar-refractivity contribution is 7.85. The number of ether oxygens (including phenoxy) is 2. The lowest BCUT2D eigenvalue weighted by atomic mass is 9.93. The number of halogens is 1. The number of nitrogens with one attached hydrogen (secondary N) is 7. The number of aromatic nitrogens is 1. The van der Waals surface area contributed by atoms with E-state index in [1.165, 1.54) is 84.0 Å². The number of piperidine rings is 2. The van der Waals surface area contributed by atoms with Crippen molar-refractivity contribution in [2.45, 2.75) is 153 Å². The summed E-state index contributed by atoms with van der Waals surface area (Å²) < 4.78 is 31.5. The number of hydrogen-bond donors (Lipinski definition) is 9. The molecular weight excluding hydrogens is 1230 g/mol. The molecule has 26 heteroatoms. The maximum atomic E-state index is 11.7. The number of pyridine rings is 1. The Morgan fingerprint density at radius 1 is 0.695 bits per heavy atom. The number of β-amino-alcohol motifs (C(OH)–C–C–N with tert-alkyl or cyclic N) is 1. The number of unbranched alkanes of at least 4 members (excludes halogenated alkanes) is 1. The molecule has 9 heterocycles. The van der Waals surface area contributed by atoms with Crippen molar-refractivity contribution in [1.29, 1.82) is 0 Å². The molecule has 3 amide bonds. The van der Waals surface area contributed by atoms with Gasteiger partial charge in [-0.15, -0.1) is 0 Å². The summed E-state index contributed by atoms with van der Waals surface area (Å²) >= 11 is 0. The van der Waals surface area contributed by atoms with Crippen molar-refractivity contribution in [2.24, 2.45) is 0 Å². The predicted molar refractivity (Wildman–Crippen MR) is 392 cm³/mol. The first-order chi connectivity index (χ1) is 45.4. The number of morpholine rings is 1. The molecule has 95 heavy (non-hydrogen) atoms. The third kappa shape index (κ3) is 46.1. The Hall–Kier alpha value is -3.00. The van der Waals surface area contributed by atoms with Gasteiger partial charge >= 0.3 is 0 Å². The molecule has 8 saturated heterocycles. The van der Waals surface area contributed by atoms with Crippen LogP contribution in [0.4, 0.5) is 4.39 Å². The fraction of sp³-hybridized carbons (Fsp3) is 0.884. The van der Waals surface area contributed by atoms with Crippen molar-refractivity contribution in [3.63, 3.8) is 0 Å². The number of nitrogens with zero attached hydrogens (tertiary/aromatic N) is 9. The van der Waals surface area contributed by atoms with Gasteiger partial charge in [0.25, 0.3) is 5.91 Å². The second-order valence-corrected chi connectivity index (χ2v) is 27.7. The highest BCUT2D eigenvalue weighted by Gasteiger charge is 2.30. The van der Waals surface area contributed by atoms with Crippen molar-refractivity contribution in [1.82, 2.24) is 81.4 Å². The first-order valence-corrected chi connectivity index (χ1v) is 37.0. The van der Waals surface area contributed by atoms with Crippen molar-refractivity contribution < 1.29 is 42.7 Å². The van der Waals surface area contributed by atoms with Gasteiger partial charge < -0.3 is 86.3 Å². The van der Waals surface area contributed by atoms with Crippen molar-refractivity contribution >= 4 is 28.5 Å². The normalized spacial score (nSPS) is 22.9. The van der Waals surface area contributed by atoms with Crippen LogP contribution in [0, 0.1) is 0 Å². The summed E-state index contributed by atoms with van der Waals surface area (Å²) in [6.45, 7) is 25.3. The molecule has 9 N–H and O–H groups in total. The van der Waals surface area contributed by atoms with Crippen LogP contribution in [-0.2, 0) is 29.9 Å². The molecule has 1 aromatic heterocycles. The second kappa shape index (κ2) is 59.8. The Balaban J connectivity index is 0.00000106. The number of amides is 3. The zero-order valence-electron chi connectivity index (χ0n) is 61.3. The van der Waals surface area contributed by atoms with Crippen LogP contribution in [0.5, 0.6) is 0 Å². The minimum Gasteiger partial charge on any atom is -0.393 e. The molecule has 8 aliphatic heterocycles. The number of aliphatic hydroxyl groups excluding tert-OH is 2. The van der Waals surface area contributed by atoms with Crippen LogP contribution in [0.25, 0.3) is 0 Å². The molecule has 0 spiro atoms. The van der Waals surface area contributed by atoms with Gasteiger partial charge in [0.15, 0.2) is 0 Å². The molecule has 10 rings (SSSR count). The summed E-state index contributed by atoms with van der Waals surface area (Å²) in [4.78, 5) is 54.3. The van der Waals surface area contributed by atoms with Gasteiger partial charge in [-0.25, -0.2) is 0 Å². The summed E-state index contributed by atoms with van der Waals surface area (Å²) in [6.07, 6.45) is 21.0. The lowest BCUT2D eigenvalue weighted by molar-refractivity contribution is -0.128. The van der Waals surface area contributed by atoms with Crippen LogP contribution >= 0.6 is 0 Å². The van der Waals surface area contributed by atoms with E-state index in [0.717, 1.165) is 180 Å². The van der Waals surface area contributed by atoms with Gasteiger partial charge in [0.1, 0.15) is 0 Å². The van der Waals surface area contributed by atoms with E-state index in [1.54, 1.807) is 50.6 Å². The van der Waals surface area contributed by atoms with Gasteiger partial charge in [0.2, 0.25) is 11.8 Å². The number of rotatable bonds is 18. The number of likely N-dealkylation sites (N-methyl/N-ethyl adjacent to an activating group) is 5. The molecule has 1 saturated carbocycles. The van der Waals surface area contributed by atoms with E-state index < -0.39 is 10.8 Å². The molecule has 9 aliphatic rings. The Labute approximate surface area is 580 Å². The minimum atomic E-state index is -0.503. The van der Waals surface area contributed by atoms with Crippen molar-refractivity contribution in [3.8, 4) is 0 Å². The van der Waals surface area contributed by atoms with Crippen molar-refractivity contribution in [3.05, 3.63) is 30.1 Å². The Morgan fingerprint density at radius 3 is 1.73 bits per heavy atom. The summed E-state index contributed by atoms with van der Waals surface area (Å²) in [5.41, 5.74) is 0.669. The van der Waals surface area contributed by atoms with E-state index in [-0.39, 0.29) is 31.4 Å². The number of likely N-dealkylation sites (tertiary alicyclic amines) is 5. The molecule has 0 aromatic carbocycles. The molecule has 560 valence electrons. The predicted octanol–water partition coefficient (Wildman–Crippen LogP) is 2.20. The van der Waals surface area contributed by atoms with Crippen LogP contribution in [0.3, 0.4) is 0 Å². The standard InChI is InChI=1S/C13H26N2O2.C10H13N3O.C9H18N2O.C8H18N2.C6H14N2.C6H13NO.C5H12N2O.C5H11NOS.C5H11NO.CH3F.CH4/c1-14-12-2-4-13(5-3-12)17-11-8-15-6-9-16-10-7-15;1-11-9-6-13(7-9)10(14)8-3-2-4-12-5-8;1-10-6-2-3-7-11-8-4-5-9(11)12;1-8-4-3-6-10(8)7-5-9-2;1-7-6-2-4-8-5-3-6;1-7-4-2-6(8)3-5-7;1-6-4-5(8)7(2)3;1-6-2-4-8(7)5-3-6;1-6-3-2-5(7)4-6;1-2;/h12-14H,2-11H2,1H3;2-5,9,11H,6-7H2,1H3;10H,2-8H2,1H3;8-9H,3-7H2,1-2H3;6-8H,2-5H2,1H3;6,8H,2-5H2,1H3;6H,4H2,1-3H3;2-5H2,1H3;5,7H,2-4H2,1H3;1H3;1H4. The second-order valence-electron chi connectivity index (χ2n) is 26.0. The first-order valence-electron chi connectivity index (χ1n) is 35.5. The summed E-state index contributed by atoms with van der Waals surface area (Å²) in [5.74, 6) is 2.27. The zero-order valence-corrected chi connectivity index (χ0v) is 62.1. The topological polar surface area (TPSA) is 250 Å². The van der Waals surface area contributed by atoms with Crippen LogP contribution < -0.4 is 37.2 Å². The van der Waals surface area contributed by atoms with E-state index in [1.807, 2.05) is 45.0 Å². The molecule has 1 aromatic rings.